The maximum atomic E-state index is 10.9. The van der Waals surface area contributed by atoms with E-state index in [-0.39, 0.29) is 5.69 Å². The van der Waals surface area contributed by atoms with E-state index >= 15 is 0 Å². The maximum Gasteiger partial charge on any atom is 0.270 e. The molecule has 0 radical (unpaired) electrons. The highest BCUT2D eigenvalue weighted by molar-refractivity contribution is 7.98. The SMILES string of the molecule is O=[N+]([O-])c1cccc(-c2ccc(SCc3cn4ccccc4n3)nn2)c1. The van der Waals surface area contributed by atoms with Crippen LogP contribution < -0.4 is 0 Å². The summed E-state index contributed by atoms with van der Waals surface area (Å²) in [6.07, 6.45) is 3.96. The Kier molecular flexibility index (Phi) is 4.32. The van der Waals surface area contributed by atoms with Crippen molar-refractivity contribution in [3.8, 4) is 11.3 Å². The number of aromatic nitrogens is 4. The van der Waals surface area contributed by atoms with Crippen LogP contribution in [0.15, 0.2) is 72.0 Å². The highest BCUT2D eigenvalue weighted by atomic mass is 32.2. The van der Waals surface area contributed by atoms with Crippen LogP contribution in [0.1, 0.15) is 5.69 Å². The Balaban J connectivity index is 1.47. The van der Waals surface area contributed by atoms with Crippen molar-refractivity contribution in [2.75, 3.05) is 0 Å². The fourth-order valence-electron chi connectivity index (χ4n) is 2.53. The number of non-ortho nitro benzene ring substituents is 1. The van der Waals surface area contributed by atoms with Crippen molar-refractivity contribution in [3.05, 3.63) is 82.8 Å². The Morgan fingerprint density at radius 2 is 2.00 bits per heavy atom. The second kappa shape index (κ2) is 6.93. The molecule has 0 saturated carbocycles. The predicted octanol–water partition coefficient (Wildman–Crippen LogP) is 3.99. The van der Waals surface area contributed by atoms with Crippen LogP contribution in [0.2, 0.25) is 0 Å². The van der Waals surface area contributed by atoms with Gasteiger partial charge in [-0.15, -0.1) is 10.2 Å². The van der Waals surface area contributed by atoms with E-state index in [1.165, 1.54) is 12.1 Å². The highest BCUT2D eigenvalue weighted by Gasteiger charge is 2.09. The average molecular weight is 363 g/mol. The third-order valence-electron chi connectivity index (χ3n) is 3.77. The van der Waals surface area contributed by atoms with E-state index in [9.17, 15) is 10.1 Å². The van der Waals surface area contributed by atoms with Gasteiger partial charge >= 0.3 is 0 Å². The number of fused-ring (bicyclic) bond motifs is 1. The molecule has 0 N–H and O–H groups in total. The number of nitro benzene ring substituents is 1. The van der Waals surface area contributed by atoms with E-state index in [0.29, 0.717) is 17.0 Å². The van der Waals surface area contributed by atoms with Crippen molar-refractivity contribution >= 4 is 23.1 Å². The molecule has 4 rings (SSSR count). The molecule has 4 aromatic rings. The number of hydrogen-bond acceptors (Lipinski definition) is 6. The van der Waals surface area contributed by atoms with Gasteiger partial charge in [-0.25, -0.2) is 4.98 Å². The van der Waals surface area contributed by atoms with Gasteiger partial charge in [-0.2, -0.15) is 0 Å². The molecule has 0 bridgehead atoms. The summed E-state index contributed by atoms with van der Waals surface area (Å²) in [5.74, 6) is 0.687. The number of nitrogens with zero attached hydrogens (tertiary/aromatic N) is 5. The van der Waals surface area contributed by atoms with Gasteiger partial charge in [0.05, 0.1) is 16.3 Å². The minimum atomic E-state index is -0.421. The summed E-state index contributed by atoms with van der Waals surface area (Å²) in [6.45, 7) is 0. The minimum Gasteiger partial charge on any atom is -0.307 e. The molecule has 0 unspecified atom stereocenters. The second-order valence-corrected chi connectivity index (χ2v) is 6.55. The smallest absolute Gasteiger partial charge is 0.270 e. The summed E-state index contributed by atoms with van der Waals surface area (Å²) in [5, 5.41) is 20.0. The van der Waals surface area contributed by atoms with Crippen LogP contribution in [0.5, 0.6) is 0 Å². The van der Waals surface area contributed by atoms with E-state index in [0.717, 1.165) is 16.4 Å². The van der Waals surface area contributed by atoms with E-state index < -0.39 is 4.92 Å². The maximum absolute atomic E-state index is 10.9. The molecule has 0 amide bonds. The fourth-order valence-corrected chi connectivity index (χ4v) is 3.23. The van der Waals surface area contributed by atoms with Gasteiger partial charge in [-0.1, -0.05) is 30.0 Å². The minimum absolute atomic E-state index is 0.0367. The molecule has 0 aliphatic carbocycles. The molecule has 3 aromatic heterocycles. The summed E-state index contributed by atoms with van der Waals surface area (Å²) in [5.41, 5.74) is 3.19. The molecule has 7 nitrogen and oxygen atoms in total. The Morgan fingerprint density at radius 3 is 2.77 bits per heavy atom. The number of benzene rings is 1. The zero-order chi connectivity index (χ0) is 17.9. The van der Waals surface area contributed by atoms with E-state index in [1.807, 2.05) is 47.1 Å². The van der Waals surface area contributed by atoms with Gasteiger partial charge < -0.3 is 4.40 Å². The zero-order valence-corrected chi connectivity index (χ0v) is 14.3. The van der Waals surface area contributed by atoms with Crippen molar-refractivity contribution in [2.24, 2.45) is 0 Å². The molecule has 26 heavy (non-hydrogen) atoms. The summed E-state index contributed by atoms with van der Waals surface area (Å²) < 4.78 is 1.98. The number of rotatable bonds is 5. The van der Waals surface area contributed by atoms with Crippen LogP contribution in [0.4, 0.5) is 5.69 Å². The third-order valence-corrected chi connectivity index (χ3v) is 4.73. The van der Waals surface area contributed by atoms with Crippen molar-refractivity contribution in [2.45, 2.75) is 10.8 Å². The lowest BCUT2D eigenvalue weighted by Gasteiger charge is -2.02. The number of imidazole rings is 1. The molecule has 8 heteroatoms. The quantitative estimate of drug-likeness (QED) is 0.303. The lowest BCUT2D eigenvalue weighted by molar-refractivity contribution is -0.384. The first-order chi connectivity index (χ1) is 12.7. The lowest BCUT2D eigenvalue weighted by Crippen LogP contribution is -1.92. The summed E-state index contributed by atoms with van der Waals surface area (Å²) in [4.78, 5) is 15.0. The van der Waals surface area contributed by atoms with Crippen LogP contribution in [0, 0.1) is 10.1 Å². The van der Waals surface area contributed by atoms with Crippen molar-refractivity contribution in [3.63, 3.8) is 0 Å². The summed E-state index contributed by atoms with van der Waals surface area (Å²) in [7, 11) is 0. The van der Waals surface area contributed by atoms with E-state index in [2.05, 4.69) is 15.2 Å². The highest BCUT2D eigenvalue weighted by Crippen LogP contribution is 2.24. The van der Waals surface area contributed by atoms with Gasteiger partial charge in [0.2, 0.25) is 0 Å². The first kappa shape index (κ1) is 16.2. The normalized spacial score (nSPS) is 10.9. The molecular weight excluding hydrogens is 350 g/mol. The standard InChI is InChI=1S/C18H13N5O2S/c24-23(25)15-5-3-4-13(10-15)16-7-8-18(21-20-16)26-12-14-11-22-9-2-1-6-17(22)19-14/h1-11H,12H2. The van der Waals surface area contributed by atoms with Gasteiger partial charge in [-0.05, 0) is 24.3 Å². The first-order valence-electron chi connectivity index (χ1n) is 7.83. The number of hydrogen-bond donors (Lipinski definition) is 0. The molecule has 0 fully saturated rings. The van der Waals surface area contributed by atoms with Gasteiger partial charge in [0.15, 0.2) is 0 Å². The molecule has 3 heterocycles. The summed E-state index contributed by atoms with van der Waals surface area (Å²) in [6, 6.07) is 15.9. The van der Waals surface area contributed by atoms with Crippen molar-refractivity contribution in [1.29, 1.82) is 0 Å². The second-order valence-electron chi connectivity index (χ2n) is 5.55. The Hall–Kier alpha value is -3.26. The van der Waals surface area contributed by atoms with Crippen molar-refractivity contribution < 1.29 is 4.92 Å². The Bertz CT molecular complexity index is 1050. The molecule has 128 valence electrons. The predicted molar refractivity (Wildman–Crippen MR) is 98.9 cm³/mol. The fraction of sp³-hybridized carbons (Fsp3) is 0.0556. The molecule has 0 aliphatic rings. The van der Waals surface area contributed by atoms with Crippen LogP contribution in [-0.4, -0.2) is 24.5 Å². The topological polar surface area (TPSA) is 86.2 Å². The number of pyridine rings is 1. The van der Waals surface area contributed by atoms with Crippen LogP contribution in [0.25, 0.3) is 16.9 Å². The molecule has 0 atom stereocenters. The van der Waals surface area contributed by atoms with Gasteiger partial charge in [-0.3, -0.25) is 10.1 Å². The van der Waals surface area contributed by atoms with Crippen LogP contribution in [-0.2, 0) is 5.75 Å². The zero-order valence-electron chi connectivity index (χ0n) is 13.5. The van der Waals surface area contributed by atoms with E-state index in [4.69, 9.17) is 0 Å². The van der Waals surface area contributed by atoms with Gasteiger partial charge in [0.1, 0.15) is 10.7 Å². The number of nitro groups is 1. The van der Waals surface area contributed by atoms with Crippen LogP contribution in [0.3, 0.4) is 0 Å². The average Bonchev–Trinajstić information content (AvgIpc) is 3.10. The van der Waals surface area contributed by atoms with Crippen LogP contribution >= 0.6 is 11.8 Å². The van der Waals surface area contributed by atoms with Gasteiger partial charge in [0.25, 0.3) is 5.69 Å². The largest absolute Gasteiger partial charge is 0.307 e. The first-order valence-corrected chi connectivity index (χ1v) is 8.81. The Morgan fingerprint density at radius 1 is 1.08 bits per heavy atom. The summed E-state index contributed by atoms with van der Waals surface area (Å²) >= 11 is 1.54. The van der Waals surface area contributed by atoms with Crippen molar-refractivity contribution in [1.82, 2.24) is 19.6 Å². The molecule has 0 saturated heterocycles. The molecule has 0 spiro atoms. The molecule has 1 aromatic carbocycles. The monoisotopic (exact) mass is 363 g/mol. The van der Waals surface area contributed by atoms with E-state index in [1.54, 1.807) is 23.9 Å². The van der Waals surface area contributed by atoms with Gasteiger partial charge in [0, 0.05) is 35.8 Å². The Labute approximate surface area is 152 Å². The molecular formula is C18H13N5O2S. The third kappa shape index (κ3) is 3.40. The number of thioether (sulfide) groups is 1. The lowest BCUT2D eigenvalue weighted by atomic mass is 10.1. The molecule has 0 aliphatic heterocycles.